The summed E-state index contributed by atoms with van der Waals surface area (Å²) >= 11 is 0. The Hall–Kier alpha value is -2.87. The highest BCUT2D eigenvalue weighted by Gasteiger charge is 2.25. The Balaban J connectivity index is 2.31. The Bertz CT molecular complexity index is 977. The van der Waals surface area contributed by atoms with Crippen molar-refractivity contribution in [3.8, 4) is 0 Å². The van der Waals surface area contributed by atoms with Crippen LogP contribution >= 0.6 is 0 Å². The maximum Gasteiger partial charge on any atom is 0.264 e. The summed E-state index contributed by atoms with van der Waals surface area (Å²) in [5.74, 6) is -0.595. The third-order valence-corrected chi connectivity index (χ3v) is 6.59. The Morgan fingerprint density at radius 1 is 0.935 bits per heavy atom. The first-order valence-corrected chi connectivity index (χ1v) is 12.0. The molecule has 2 amide bonds. The van der Waals surface area contributed by atoms with E-state index in [9.17, 15) is 18.0 Å². The van der Waals surface area contributed by atoms with Gasteiger partial charge in [0, 0.05) is 25.2 Å². The average molecular weight is 446 g/mol. The molecule has 7 nitrogen and oxygen atoms in total. The van der Waals surface area contributed by atoms with Gasteiger partial charge in [0.25, 0.3) is 15.9 Å². The van der Waals surface area contributed by atoms with Gasteiger partial charge in [0.1, 0.15) is 0 Å². The molecule has 2 rings (SSSR count). The lowest BCUT2D eigenvalue weighted by molar-refractivity contribution is -0.121. The molecule has 0 aliphatic carbocycles. The fourth-order valence-corrected chi connectivity index (χ4v) is 4.72. The quantitative estimate of drug-likeness (QED) is 0.575. The second kappa shape index (κ2) is 11.5. The zero-order chi connectivity index (χ0) is 22.9. The Kier molecular flexibility index (Phi) is 9.05. The summed E-state index contributed by atoms with van der Waals surface area (Å²) in [5.41, 5.74) is 0.795. The van der Waals surface area contributed by atoms with E-state index in [4.69, 9.17) is 0 Å². The van der Waals surface area contributed by atoms with E-state index < -0.39 is 10.0 Å². The normalized spacial score (nSPS) is 11.1. The summed E-state index contributed by atoms with van der Waals surface area (Å²) in [6.07, 6.45) is 1.49. The van der Waals surface area contributed by atoms with Gasteiger partial charge in [-0.05, 0) is 50.1 Å². The molecule has 0 aliphatic heterocycles. The van der Waals surface area contributed by atoms with E-state index in [-0.39, 0.29) is 35.4 Å². The standard InChI is InChI=1S/C23H31N3O4S/c1-4-15-24-22(27)18-25(16-5-2)23(28)19-11-10-14-21(17-19)31(29,30)26(6-3)20-12-8-7-9-13-20/h7-14,17H,4-6,15-16,18H2,1-3H3,(H,24,27). The molecule has 8 heteroatoms. The van der Waals surface area contributed by atoms with Crippen LogP contribution in [0.2, 0.25) is 0 Å². The summed E-state index contributed by atoms with van der Waals surface area (Å²) < 4.78 is 27.8. The smallest absolute Gasteiger partial charge is 0.264 e. The largest absolute Gasteiger partial charge is 0.355 e. The monoisotopic (exact) mass is 445 g/mol. The first kappa shape index (κ1) is 24.4. The molecule has 168 valence electrons. The van der Waals surface area contributed by atoms with Crippen molar-refractivity contribution >= 4 is 27.5 Å². The summed E-state index contributed by atoms with van der Waals surface area (Å²) in [5, 5.41) is 2.77. The molecule has 31 heavy (non-hydrogen) atoms. The van der Waals surface area contributed by atoms with Gasteiger partial charge in [0.05, 0.1) is 17.1 Å². The maximum absolute atomic E-state index is 13.3. The Morgan fingerprint density at radius 2 is 1.65 bits per heavy atom. The summed E-state index contributed by atoms with van der Waals surface area (Å²) in [4.78, 5) is 26.7. The van der Waals surface area contributed by atoms with Crippen LogP contribution in [0, 0.1) is 0 Å². The van der Waals surface area contributed by atoms with E-state index in [2.05, 4.69) is 5.32 Å². The number of carbonyl (C=O) groups excluding carboxylic acids is 2. The lowest BCUT2D eigenvalue weighted by Gasteiger charge is -2.24. The molecule has 2 aromatic rings. The number of para-hydroxylation sites is 1. The van der Waals surface area contributed by atoms with Gasteiger partial charge in [-0.15, -0.1) is 0 Å². The van der Waals surface area contributed by atoms with Crippen molar-refractivity contribution in [3.63, 3.8) is 0 Å². The van der Waals surface area contributed by atoms with Gasteiger partial charge in [-0.3, -0.25) is 13.9 Å². The van der Waals surface area contributed by atoms with Crippen molar-refractivity contribution in [2.24, 2.45) is 0 Å². The van der Waals surface area contributed by atoms with Crippen LogP contribution in [0.1, 0.15) is 44.0 Å². The average Bonchev–Trinajstić information content (AvgIpc) is 2.78. The van der Waals surface area contributed by atoms with Crippen molar-refractivity contribution in [2.45, 2.75) is 38.5 Å². The predicted octanol–water partition coefficient (Wildman–Crippen LogP) is 3.28. The Labute approximate surface area is 185 Å². The number of hydrogen-bond donors (Lipinski definition) is 1. The van der Waals surface area contributed by atoms with Crippen molar-refractivity contribution in [1.82, 2.24) is 10.2 Å². The van der Waals surface area contributed by atoms with Crippen LogP contribution in [-0.2, 0) is 14.8 Å². The van der Waals surface area contributed by atoms with Crippen LogP contribution < -0.4 is 9.62 Å². The van der Waals surface area contributed by atoms with Crippen LogP contribution in [0.3, 0.4) is 0 Å². The van der Waals surface area contributed by atoms with Crippen molar-refractivity contribution in [3.05, 3.63) is 60.2 Å². The van der Waals surface area contributed by atoms with Crippen molar-refractivity contribution in [2.75, 3.05) is 30.5 Å². The number of hydrogen-bond acceptors (Lipinski definition) is 4. The lowest BCUT2D eigenvalue weighted by Crippen LogP contribution is -2.41. The molecule has 0 radical (unpaired) electrons. The fraction of sp³-hybridized carbons (Fsp3) is 0.391. The van der Waals surface area contributed by atoms with E-state index in [0.29, 0.717) is 25.2 Å². The zero-order valence-electron chi connectivity index (χ0n) is 18.4. The molecule has 0 unspecified atom stereocenters. The summed E-state index contributed by atoms with van der Waals surface area (Å²) in [6.45, 7) is 6.78. The molecule has 0 saturated heterocycles. The highest BCUT2D eigenvalue weighted by molar-refractivity contribution is 7.92. The van der Waals surface area contributed by atoms with Crippen molar-refractivity contribution < 1.29 is 18.0 Å². The summed E-state index contributed by atoms with van der Waals surface area (Å²) in [7, 11) is -3.85. The van der Waals surface area contributed by atoms with Crippen LogP contribution in [-0.4, -0.2) is 51.3 Å². The second-order valence-electron chi connectivity index (χ2n) is 7.11. The first-order valence-electron chi connectivity index (χ1n) is 10.6. The third-order valence-electron chi connectivity index (χ3n) is 4.69. The number of anilines is 1. The molecular formula is C23H31N3O4S. The fourth-order valence-electron chi connectivity index (χ4n) is 3.20. The van der Waals surface area contributed by atoms with Crippen LogP contribution in [0.4, 0.5) is 5.69 Å². The molecule has 0 aromatic heterocycles. The van der Waals surface area contributed by atoms with Gasteiger partial charge >= 0.3 is 0 Å². The van der Waals surface area contributed by atoms with Gasteiger partial charge in [-0.25, -0.2) is 8.42 Å². The van der Waals surface area contributed by atoms with E-state index >= 15 is 0 Å². The molecule has 0 saturated carbocycles. The number of rotatable bonds is 11. The van der Waals surface area contributed by atoms with E-state index in [1.807, 2.05) is 19.9 Å². The number of nitrogens with one attached hydrogen (secondary N) is 1. The van der Waals surface area contributed by atoms with E-state index in [0.717, 1.165) is 6.42 Å². The molecule has 2 aromatic carbocycles. The van der Waals surface area contributed by atoms with Gasteiger partial charge in [-0.1, -0.05) is 38.1 Å². The molecule has 0 heterocycles. The minimum absolute atomic E-state index is 0.0379. The minimum atomic E-state index is -3.85. The topological polar surface area (TPSA) is 86.8 Å². The van der Waals surface area contributed by atoms with Gasteiger partial charge in [0.15, 0.2) is 0 Å². The predicted molar refractivity (Wildman–Crippen MR) is 123 cm³/mol. The molecule has 0 fully saturated rings. The van der Waals surface area contributed by atoms with Gasteiger partial charge in [0.2, 0.25) is 5.91 Å². The SMILES string of the molecule is CCCNC(=O)CN(CCC)C(=O)c1cccc(S(=O)(=O)N(CC)c2ccccc2)c1. The van der Waals surface area contributed by atoms with Gasteiger partial charge < -0.3 is 10.2 Å². The third kappa shape index (κ3) is 6.30. The van der Waals surface area contributed by atoms with Crippen molar-refractivity contribution in [1.29, 1.82) is 0 Å². The number of benzene rings is 2. The molecular weight excluding hydrogens is 414 g/mol. The zero-order valence-corrected chi connectivity index (χ0v) is 19.2. The maximum atomic E-state index is 13.3. The number of sulfonamides is 1. The molecule has 0 spiro atoms. The molecule has 0 bridgehead atoms. The number of nitrogens with zero attached hydrogens (tertiary/aromatic N) is 2. The second-order valence-corrected chi connectivity index (χ2v) is 8.97. The highest BCUT2D eigenvalue weighted by Crippen LogP contribution is 2.24. The highest BCUT2D eigenvalue weighted by atomic mass is 32.2. The van der Waals surface area contributed by atoms with E-state index in [1.165, 1.54) is 21.3 Å². The van der Waals surface area contributed by atoms with Crippen LogP contribution in [0.15, 0.2) is 59.5 Å². The molecule has 1 N–H and O–H groups in total. The van der Waals surface area contributed by atoms with Crippen LogP contribution in [0.5, 0.6) is 0 Å². The summed E-state index contributed by atoms with van der Waals surface area (Å²) in [6, 6.07) is 14.8. The number of amides is 2. The van der Waals surface area contributed by atoms with Crippen LogP contribution in [0.25, 0.3) is 0 Å². The van der Waals surface area contributed by atoms with Gasteiger partial charge in [-0.2, -0.15) is 0 Å². The minimum Gasteiger partial charge on any atom is -0.355 e. The molecule has 0 atom stereocenters. The lowest BCUT2D eigenvalue weighted by atomic mass is 10.2. The van der Waals surface area contributed by atoms with E-state index in [1.54, 1.807) is 43.3 Å². The first-order chi connectivity index (χ1) is 14.8. The molecule has 0 aliphatic rings. The Morgan fingerprint density at radius 3 is 2.26 bits per heavy atom. The number of carbonyl (C=O) groups is 2.